The number of aromatic nitrogens is 1. The minimum atomic E-state index is -0.285. The van der Waals surface area contributed by atoms with Crippen molar-refractivity contribution in [3.63, 3.8) is 0 Å². The van der Waals surface area contributed by atoms with Gasteiger partial charge in [-0.3, -0.25) is 4.79 Å². The predicted octanol–water partition coefficient (Wildman–Crippen LogP) is 1.88. The lowest BCUT2D eigenvalue weighted by molar-refractivity contribution is 0.612. The monoisotopic (exact) mass is 212 g/mol. The smallest absolute Gasteiger partial charge is 0.230 e. The van der Waals surface area contributed by atoms with E-state index in [4.69, 9.17) is 10.2 Å². The summed E-state index contributed by atoms with van der Waals surface area (Å²) in [5, 5.41) is 0. The second kappa shape index (κ2) is 3.06. The van der Waals surface area contributed by atoms with Crippen molar-refractivity contribution >= 4 is 16.8 Å². The van der Waals surface area contributed by atoms with Crippen LogP contribution in [0.3, 0.4) is 0 Å². The zero-order valence-electron chi connectivity index (χ0n) is 8.31. The van der Waals surface area contributed by atoms with E-state index in [1.807, 2.05) is 18.2 Å². The molecule has 3 rings (SSSR count). The van der Waals surface area contributed by atoms with Gasteiger partial charge in [0.15, 0.2) is 17.0 Å². The maximum atomic E-state index is 11.7. The molecule has 1 aliphatic carbocycles. The lowest BCUT2D eigenvalue weighted by atomic mass is 10.2. The maximum Gasteiger partial charge on any atom is 0.230 e. The molecule has 1 aromatic rings. The van der Waals surface area contributed by atoms with E-state index < -0.39 is 0 Å². The molecular weight excluding hydrogens is 204 g/mol. The fourth-order valence-electron chi connectivity index (χ4n) is 1.63. The van der Waals surface area contributed by atoms with E-state index >= 15 is 0 Å². The normalized spacial score (nSPS) is 11.0. The SMILES string of the molecule is Nc1ccc2oc3ccccc3nc-2c1=O. The third-order valence-corrected chi connectivity index (χ3v) is 2.44. The second-order valence-electron chi connectivity index (χ2n) is 3.51. The van der Waals surface area contributed by atoms with Crippen LogP contribution in [0.25, 0.3) is 22.6 Å². The first-order valence-electron chi connectivity index (χ1n) is 4.84. The molecule has 0 saturated heterocycles. The van der Waals surface area contributed by atoms with Gasteiger partial charge < -0.3 is 10.2 Å². The summed E-state index contributed by atoms with van der Waals surface area (Å²) >= 11 is 0. The summed E-state index contributed by atoms with van der Waals surface area (Å²) in [6, 6.07) is 10.5. The van der Waals surface area contributed by atoms with Crippen molar-refractivity contribution in [3.05, 3.63) is 46.6 Å². The molecule has 0 unspecified atom stereocenters. The third kappa shape index (κ3) is 1.16. The summed E-state index contributed by atoms with van der Waals surface area (Å²) in [5.74, 6) is 0.456. The zero-order chi connectivity index (χ0) is 11.1. The van der Waals surface area contributed by atoms with Gasteiger partial charge in [0, 0.05) is 0 Å². The van der Waals surface area contributed by atoms with E-state index in [1.165, 1.54) is 6.07 Å². The van der Waals surface area contributed by atoms with Crippen LogP contribution in [0.4, 0.5) is 5.69 Å². The summed E-state index contributed by atoms with van der Waals surface area (Å²) in [6.07, 6.45) is 0. The lowest BCUT2D eigenvalue weighted by Crippen LogP contribution is -2.12. The Morgan fingerprint density at radius 3 is 2.81 bits per heavy atom. The van der Waals surface area contributed by atoms with E-state index in [-0.39, 0.29) is 16.8 Å². The highest BCUT2D eigenvalue weighted by molar-refractivity contribution is 5.76. The quantitative estimate of drug-likeness (QED) is 0.456. The number of nitrogen functional groups attached to an aromatic ring is 1. The molecule has 1 aliphatic heterocycles. The van der Waals surface area contributed by atoms with Crippen molar-refractivity contribution in [2.24, 2.45) is 0 Å². The number of fused-ring (bicyclic) bond motifs is 2. The van der Waals surface area contributed by atoms with Crippen molar-refractivity contribution in [2.45, 2.75) is 0 Å². The molecule has 0 saturated carbocycles. The molecule has 0 atom stereocenters. The molecule has 2 N–H and O–H groups in total. The number of para-hydroxylation sites is 2. The number of hydrogen-bond donors (Lipinski definition) is 1. The molecule has 1 aromatic carbocycles. The first kappa shape index (κ1) is 8.91. The molecule has 0 bridgehead atoms. The molecule has 0 fully saturated rings. The molecule has 4 nitrogen and oxygen atoms in total. The molecule has 16 heavy (non-hydrogen) atoms. The molecule has 1 heterocycles. The molecule has 0 radical (unpaired) electrons. The number of hydrogen-bond acceptors (Lipinski definition) is 4. The van der Waals surface area contributed by atoms with Crippen LogP contribution in [0.5, 0.6) is 0 Å². The van der Waals surface area contributed by atoms with Gasteiger partial charge in [0.25, 0.3) is 0 Å². The second-order valence-corrected chi connectivity index (χ2v) is 3.51. The zero-order valence-corrected chi connectivity index (χ0v) is 8.31. The van der Waals surface area contributed by atoms with Crippen LogP contribution in [0.2, 0.25) is 0 Å². The lowest BCUT2D eigenvalue weighted by Gasteiger charge is -2.05. The van der Waals surface area contributed by atoms with Gasteiger partial charge in [-0.15, -0.1) is 0 Å². The average Bonchev–Trinajstić information content (AvgIpc) is 2.32. The first-order chi connectivity index (χ1) is 7.75. The van der Waals surface area contributed by atoms with Gasteiger partial charge in [0.1, 0.15) is 5.52 Å². The van der Waals surface area contributed by atoms with E-state index in [1.54, 1.807) is 12.1 Å². The van der Waals surface area contributed by atoms with E-state index in [2.05, 4.69) is 4.98 Å². The Morgan fingerprint density at radius 2 is 1.94 bits per heavy atom. The number of nitrogens with two attached hydrogens (primary N) is 1. The predicted molar refractivity (Wildman–Crippen MR) is 61.3 cm³/mol. The Kier molecular flexibility index (Phi) is 1.71. The Labute approximate surface area is 90.7 Å². The average molecular weight is 212 g/mol. The first-order valence-corrected chi connectivity index (χ1v) is 4.84. The van der Waals surface area contributed by atoms with Gasteiger partial charge in [-0.25, -0.2) is 4.98 Å². The molecule has 78 valence electrons. The van der Waals surface area contributed by atoms with Crippen molar-refractivity contribution in [1.29, 1.82) is 0 Å². The van der Waals surface area contributed by atoms with Crippen LogP contribution in [0.15, 0.2) is 45.6 Å². The van der Waals surface area contributed by atoms with Gasteiger partial charge in [0.05, 0.1) is 5.69 Å². The topological polar surface area (TPSA) is 69.1 Å². The summed E-state index contributed by atoms with van der Waals surface area (Å²) in [7, 11) is 0. The minimum Gasteiger partial charge on any atom is -0.453 e. The van der Waals surface area contributed by atoms with Gasteiger partial charge in [-0.2, -0.15) is 0 Å². The van der Waals surface area contributed by atoms with E-state index in [0.717, 1.165) is 0 Å². The fourth-order valence-corrected chi connectivity index (χ4v) is 1.63. The van der Waals surface area contributed by atoms with Gasteiger partial charge in [0.2, 0.25) is 5.43 Å². The van der Waals surface area contributed by atoms with E-state index in [0.29, 0.717) is 16.9 Å². The molecule has 2 aliphatic rings. The Morgan fingerprint density at radius 1 is 1.12 bits per heavy atom. The third-order valence-electron chi connectivity index (χ3n) is 2.44. The number of nitrogens with zero attached hydrogens (tertiary/aromatic N) is 1. The fraction of sp³-hybridized carbons (Fsp3) is 0. The van der Waals surface area contributed by atoms with Crippen molar-refractivity contribution in [3.8, 4) is 11.5 Å². The molecule has 0 amide bonds. The molecule has 0 aromatic heterocycles. The van der Waals surface area contributed by atoms with Crippen LogP contribution in [0.1, 0.15) is 0 Å². The molecule has 4 heteroatoms. The number of anilines is 1. The van der Waals surface area contributed by atoms with Crippen molar-refractivity contribution in [2.75, 3.05) is 5.73 Å². The molecular formula is C12H8N2O2. The Hall–Kier alpha value is -2.36. The van der Waals surface area contributed by atoms with Crippen LogP contribution in [-0.4, -0.2) is 4.98 Å². The Bertz CT molecular complexity index is 703. The van der Waals surface area contributed by atoms with Crippen molar-refractivity contribution in [1.82, 2.24) is 4.98 Å². The van der Waals surface area contributed by atoms with Crippen LogP contribution in [0, 0.1) is 0 Å². The van der Waals surface area contributed by atoms with Crippen LogP contribution >= 0.6 is 0 Å². The summed E-state index contributed by atoms with van der Waals surface area (Å²) in [5.41, 5.74) is 7.02. The Balaban J connectivity index is 2.53. The van der Waals surface area contributed by atoms with Crippen LogP contribution in [-0.2, 0) is 0 Å². The van der Waals surface area contributed by atoms with Gasteiger partial charge >= 0.3 is 0 Å². The number of rotatable bonds is 0. The highest BCUT2D eigenvalue weighted by Gasteiger charge is 2.13. The number of benzene rings is 2. The summed E-state index contributed by atoms with van der Waals surface area (Å²) < 4.78 is 5.56. The summed E-state index contributed by atoms with van der Waals surface area (Å²) in [6.45, 7) is 0. The highest BCUT2D eigenvalue weighted by atomic mass is 16.3. The van der Waals surface area contributed by atoms with Gasteiger partial charge in [-0.1, -0.05) is 12.1 Å². The van der Waals surface area contributed by atoms with Crippen LogP contribution < -0.4 is 11.2 Å². The largest absolute Gasteiger partial charge is 0.453 e. The minimum absolute atomic E-state index is 0.186. The van der Waals surface area contributed by atoms with E-state index in [9.17, 15) is 4.79 Å². The standard InChI is InChI=1S/C12H8N2O2/c13-7-5-6-10-11(12(7)15)14-8-3-1-2-4-9(8)16-10/h1-6H,13H2. The van der Waals surface area contributed by atoms with Crippen molar-refractivity contribution < 1.29 is 4.42 Å². The summed E-state index contributed by atoms with van der Waals surface area (Å²) in [4.78, 5) is 16.0. The highest BCUT2D eigenvalue weighted by Crippen LogP contribution is 2.22. The van der Waals surface area contributed by atoms with Gasteiger partial charge in [-0.05, 0) is 24.3 Å². The maximum absolute atomic E-state index is 11.7. The molecule has 0 spiro atoms.